The van der Waals surface area contributed by atoms with Gasteiger partial charge < -0.3 is 19.1 Å². The van der Waals surface area contributed by atoms with Gasteiger partial charge in [0.2, 0.25) is 0 Å². The third-order valence-electron chi connectivity index (χ3n) is 4.40. The number of carbonyl (C=O) groups is 1. The van der Waals surface area contributed by atoms with Crippen molar-refractivity contribution >= 4 is 5.91 Å². The van der Waals surface area contributed by atoms with Gasteiger partial charge >= 0.3 is 0 Å². The van der Waals surface area contributed by atoms with Crippen LogP contribution in [0.4, 0.5) is 0 Å². The van der Waals surface area contributed by atoms with Gasteiger partial charge in [-0.25, -0.2) is 0 Å². The van der Waals surface area contributed by atoms with E-state index in [1.807, 2.05) is 20.8 Å². The van der Waals surface area contributed by atoms with Crippen molar-refractivity contribution in [2.75, 3.05) is 13.1 Å². The van der Waals surface area contributed by atoms with Crippen molar-refractivity contribution in [2.45, 2.75) is 46.2 Å². The summed E-state index contributed by atoms with van der Waals surface area (Å²) in [5.41, 5.74) is -0.884. The van der Waals surface area contributed by atoms with Crippen LogP contribution >= 0.6 is 0 Å². The molecule has 0 aliphatic carbocycles. The minimum absolute atomic E-state index is 0.0119. The molecule has 140 valence electrons. The number of carbonyl (C=O) groups excluding carboxylic acids is 1. The molecule has 0 fully saturated rings. The van der Waals surface area contributed by atoms with E-state index in [9.17, 15) is 10.1 Å². The second-order valence-electron chi connectivity index (χ2n) is 6.85. The minimum atomic E-state index is -0.884. The van der Waals surface area contributed by atoms with Crippen LogP contribution in [-0.4, -0.2) is 34.7 Å². The lowest BCUT2D eigenvalue weighted by Gasteiger charge is -2.28. The summed E-state index contributed by atoms with van der Waals surface area (Å²) in [7, 11) is 0. The Morgan fingerprint density at radius 2 is 2.23 bits per heavy atom. The quantitative estimate of drug-likeness (QED) is 0.695. The van der Waals surface area contributed by atoms with E-state index in [4.69, 9.17) is 8.83 Å². The number of quaternary nitrogens is 1. The molecule has 8 heteroatoms. The summed E-state index contributed by atoms with van der Waals surface area (Å²) in [5, 5.41) is 20.2. The minimum Gasteiger partial charge on any atom is -0.459 e. The van der Waals surface area contributed by atoms with Crippen LogP contribution in [0.3, 0.4) is 0 Å². The van der Waals surface area contributed by atoms with Crippen molar-refractivity contribution in [3.8, 4) is 17.7 Å². The smallest absolute Gasteiger partial charge is 0.283 e. The summed E-state index contributed by atoms with van der Waals surface area (Å²) in [6.07, 6.45) is 2.45. The van der Waals surface area contributed by atoms with Crippen molar-refractivity contribution in [2.24, 2.45) is 5.92 Å². The zero-order valence-electron chi connectivity index (χ0n) is 15.7. The molecule has 2 aromatic heterocycles. The third-order valence-corrected chi connectivity index (χ3v) is 4.40. The molecule has 0 aliphatic rings. The first kappa shape index (κ1) is 19.7. The molecule has 1 amide bonds. The maximum absolute atomic E-state index is 12.4. The van der Waals surface area contributed by atoms with E-state index >= 15 is 0 Å². The Bertz CT molecular complexity index is 747. The molecule has 2 rings (SSSR count). The summed E-state index contributed by atoms with van der Waals surface area (Å²) < 4.78 is 10.9. The molecule has 0 saturated heterocycles. The summed E-state index contributed by atoms with van der Waals surface area (Å²) >= 11 is 0. The molecule has 0 spiro atoms. The zero-order chi connectivity index (χ0) is 19.2. The highest BCUT2D eigenvalue weighted by Gasteiger charge is 2.31. The number of amides is 1. The summed E-state index contributed by atoms with van der Waals surface area (Å²) in [4.78, 5) is 13.4. The van der Waals surface area contributed by atoms with Crippen molar-refractivity contribution in [1.29, 1.82) is 5.26 Å². The average molecular weight is 360 g/mol. The molecule has 0 bridgehead atoms. The highest BCUT2D eigenvalue weighted by molar-refractivity contribution is 5.78. The lowest BCUT2D eigenvalue weighted by Crippen LogP contribution is -3.12. The molecule has 0 aliphatic heterocycles. The monoisotopic (exact) mass is 360 g/mol. The summed E-state index contributed by atoms with van der Waals surface area (Å²) in [6, 6.07) is 5.69. The second-order valence-corrected chi connectivity index (χ2v) is 6.85. The van der Waals surface area contributed by atoms with E-state index < -0.39 is 5.54 Å². The molecule has 2 N–H and O–H groups in total. The number of hydrogen-bond donors (Lipinski definition) is 2. The average Bonchev–Trinajstić information content (AvgIpc) is 3.25. The molecule has 2 aromatic rings. The Morgan fingerprint density at radius 3 is 2.81 bits per heavy atom. The van der Waals surface area contributed by atoms with E-state index in [2.05, 4.69) is 21.6 Å². The van der Waals surface area contributed by atoms with Crippen molar-refractivity contribution < 1.29 is 18.5 Å². The van der Waals surface area contributed by atoms with Crippen LogP contribution < -0.4 is 10.2 Å². The van der Waals surface area contributed by atoms with E-state index in [-0.39, 0.29) is 18.4 Å². The van der Waals surface area contributed by atoms with Gasteiger partial charge in [0, 0.05) is 0 Å². The first-order valence-electron chi connectivity index (χ1n) is 8.80. The number of hydrogen-bond acceptors (Lipinski definition) is 6. The predicted molar refractivity (Wildman–Crippen MR) is 93.7 cm³/mol. The van der Waals surface area contributed by atoms with Crippen LogP contribution in [0.15, 0.2) is 27.2 Å². The lowest BCUT2D eigenvalue weighted by molar-refractivity contribution is -0.907. The van der Waals surface area contributed by atoms with Gasteiger partial charge in [0.1, 0.15) is 5.54 Å². The van der Waals surface area contributed by atoms with Crippen molar-refractivity contribution in [3.63, 3.8) is 0 Å². The van der Waals surface area contributed by atoms with Crippen LogP contribution in [0.1, 0.15) is 40.0 Å². The van der Waals surface area contributed by atoms with E-state index in [1.165, 1.54) is 0 Å². The predicted octanol–water partition coefficient (Wildman–Crippen LogP) is 1.18. The fourth-order valence-corrected chi connectivity index (χ4v) is 2.49. The van der Waals surface area contributed by atoms with Gasteiger partial charge in [0.25, 0.3) is 17.7 Å². The summed E-state index contributed by atoms with van der Waals surface area (Å²) in [5.74, 6) is 1.12. The van der Waals surface area contributed by atoms with Gasteiger partial charge in [0.05, 0.1) is 18.9 Å². The molecule has 8 nitrogen and oxygen atoms in total. The summed E-state index contributed by atoms with van der Waals surface area (Å²) in [6.45, 7) is 9.05. The van der Waals surface area contributed by atoms with Gasteiger partial charge in [0.15, 0.2) is 18.8 Å². The van der Waals surface area contributed by atoms with E-state index in [1.54, 1.807) is 25.3 Å². The topological polar surface area (TPSA) is 109 Å². The molecular formula is C18H26N5O3+. The highest BCUT2D eigenvalue weighted by atomic mass is 16.4. The van der Waals surface area contributed by atoms with E-state index in [0.29, 0.717) is 24.1 Å². The third kappa shape index (κ3) is 4.92. The van der Waals surface area contributed by atoms with Crippen LogP contribution in [0, 0.1) is 17.2 Å². The number of nitrogens with zero attached hydrogens (tertiary/aromatic N) is 3. The normalized spacial score (nSPS) is 14.6. The van der Waals surface area contributed by atoms with Crippen LogP contribution in [0.2, 0.25) is 0 Å². The largest absolute Gasteiger partial charge is 0.459 e. The molecule has 2 atom stereocenters. The first-order chi connectivity index (χ1) is 12.4. The molecule has 0 aromatic carbocycles. The van der Waals surface area contributed by atoms with Gasteiger partial charge in [-0.15, -0.1) is 10.2 Å². The Hall–Kier alpha value is -2.66. The van der Waals surface area contributed by atoms with Crippen LogP contribution in [-0.2, 0) is 11.3 Å². The number of nitrogens with one attached hydrogen (secondary N) is 2. The number of rotatable bonds is 9. The Morgan fingerprint density at radius 1 is 1.46 bits per heavy atom. The Kier molecular flexibility index (Phi) is 6.52. The van der Waals surface area contributed by atoms with Gasteiger partial charge in [-0.3, -0.25) is 4.79 Å². The molecule has 1 unspecified atom stereocenters. The first-order valence-corrected chi connectivity index (χ1v) is 8.80. The molecule has 0 radical (unpaired) electrons. The van der Waals surface area contributed by atoms with E-state index in [0.717, 1.165) is 17.9 Å². The maximum atomic E-state index is 12.4. The molecular weight excluding hydrogens is 334 g/mol. The maximum Gasteiger partial charge on any atom is 0.283 e. The SMILES string of the molecule is CCC[NH+](CC(=O)N[C@](C)(C#N)C(C)C)Cc1nnc(-c2ccco2)o1. The zero-order valence-corrected chi connectivity index (χ0v) is 15.7. The fourth-order valence-electron chi connectivity index (χ4n) is 2.49. The Balaban J connectivity index is 2.00. The molecule has 0 saturated carbocycles. The number of furan rings is 1. The lowest BCUT2D eigenvalue weighted by atomic mass is 9.90. The van der Waals surface area contributed by atoms with Crippen LogP contribution in [0.5, 0.6) is 0 Å². The molecule has 26 heavy (non-hydrogen) atoms. The van der Waals surface area contributed by atoms with Crippen LogP contribution in [0.25, 0.3) is 11.7 Å². The van der Waals surface area contributed by atoms with Gasteiger partial charge in [-0.2, -0.15) is 5.26 Å². The van der Waals surface area contributed by atoms with Gasteiger partial charge in [-0.1, -0.05) is 20.8 Å². The fraction of sp³-hybridized carbons (Fsp3) is 0.556. The van der Waals surface area contributed by atoms with Crippen molar-refractivity contribution in [3.05, 3.63) is 24.3 Å². The number of aromatic nitrogens is 2. The Labute approximate surface area is 153 Å². The second kappa shape index (κ2) is 8.63. The standard InChI is InChI=1S/C18H25N5O3/c1-5-8-23(10-15(24)20-18(4,12-19)13(2)3)11-16-21-22-17(26-16)14-7-6-9-25-14/h6-7,9,13H,5,8,10-11H2,1-4H3,(H,20,24)/p+1/t18-/m1/s1. The van der Waals surface area contributed by atoms with Crippen molar-refractivity contribution in [1.82, 2.24) is 15.5 Å². The highest BCUT2D eigenvalue weighted by Crippen LogP contribution is 2.17. The number of nitriles is 1. The molecule has 2 heterocycles. The van der Waals surface area contributed by atoms with Gasteiger partial charge in [-0.05, 0) is 31.4 Å².